The number of H-pyrrole nitrogens is 1. The number of piperidine rings is 1. The summed E-state index contributed by atoms with van der Waals surface area (Å²) in [5.41, 5.74) is 3.78. The lowest BCUT2D eigenvalue weighted by Crippen LogP contribution is -2.38. The van der Waals surface area contributed by atoms with E-state index in [1.165, 1.54) is 0 Å². The Kier molecular flexibility index (Phi) is 5.69. The minimum absolute atomic E-state index is 0.0380. The van der Waals surface area contributed by atoms with Crippen LogP contribution in [0.2, 0.25) is 0 Å². The molecule has 0 spiro atoms. The van der Waals surface area contributed by atoms with E-state index in [2.05, 4.69) is 32.1 Å². The summed E-state index contributed by atoms with van der Waals surface area (Å²) < 4.78 is 5.93. The maximum absolute atomic E-state index is 13.1. The third-order valence-electron chi connectivity index (χ3n) is 6.26. The number of aryl methyl sites for hydroxylation is 2. The van der Waals surface area contributed by atoms with Crippen molar-refractivity contribution in [1.29, 1.82) is 0 Å². The van der Waals surface area contributed by atoms with E-state index in [-0.39, 0.29) is 11.8 Å². The Morgan fingerprint density at radius 1 is 1.03 bits per heavy atom. The number of para-hydroxylation sites is 1. The van der Waals surface area contributed by atoms with Gasteiger partial charge in [-0.15, -0.1) is 0 Å². The fraction of sp³-hybridized carbons (Fsp3) is 0.269. The van der Waals surface area contributed by atoms with Gasteiger partial charge in [0.2, 0.25) is 5.91 Å². The monoisotopic (exact) mass is 441 g/mol. The largest absolute Gasteiger partial charge is 0.457 e. The van der Waals surface area contributed by atoms with Crippen molar-refractivity contribution in [2.24, 2.45) is 5.92 Å². The number of aromatic nitrogens is 3. The highest BCUT2D eigenvalue weighted by atomic mass is 16.5. The molecule has 3 heterocycles. The molecule has 1 amide bonds. The maximum atomic E-state index is 13.1. The fourth-order valence-corrected chi connectivity index (χ4v) is 4.35. The third kappa shape index (κ3) is 4.39. The van der Waals surface area contributed by atoms with Gasteiger partial charge in [-0.1, -0.05) is 24.3 Å². The molecule has 7 heteroatoms. The Bertz CT molecular complexity index is 1280. The van der Waals surface area contributed by atoms with E-state index < -0.39 is 0 Å². The number of nitrogens with zero attached hydrogens (tertiary/aromatic N) is 3. The summed E-state index contributed by atoms with van der Waals surface area (Å²) in [4.78, 5) is 27.4. The molecular formula is C26H27N5O2. The van der Waals surface area contributed by atoms with Gasteiger partial charge in [-0.05, 0) is 56.0 Å². The molecule has 0 unspecified atom stereocenters. The molecule has 2 N–H and O–H groups in total. The molecular weight excluding hydrogens is 414 g/mol. The highest BCUT2D eigenvalue weighted by Crippen LogP contribution is 2.31. The number of amides is 1. The van der Waals surface area contributed by atoms with E-state index in [0.29, 0.717) is 5.75 Å². The van der Waals surface area contributed by atoms with E-state index in [1.807, 2.05) is 61.7 Å². The molecule has 2 aromatic carbocycles. The van der Waals surface area contributed by atoms with Crippen molar-refractivity contribution >= 4 is 28.4 Å². The van der Waals surface area contributed by atoms with Crippen LogP contribution in [0.15, 0.2) is 61.1 Å². The fourth-order valence-electron chi connectivity index (χ4n) is 4.35. The van der Waals surface area contributed by atoms with Crippen molar-refractivity contribution in [3.63, 3.8) is 0 Å². The van der Waals surface area contributed by atoms with E-state index in [0.717, 1.165) is 65.3 Å². The number of carbonyl (C=O) groups is 1. The molecule has 0 saturated carbocycles. The molecule has 7 nitrogen and oxygen atoms in total. The molecule has 1 aliphatic heterocycles. The average Bonchev–Trinajstić information content (AvgIpc) is 3.23. The Morgan fingerprint density at radius 2 is 1.82 bits per heavy atom. The normalized spacial score (nSPS) is 14.4. The second-order valence-corrected chi connectivity index (χ2v) is 8.53. The molecule has 5 rings (SSSR count). The van der Waals surface area contributed by atoms with Crippen LogP contribution in [0, 0.1) is 19.8 Å². The van der Waals surface area contributed by atoms with Crippen molar-refractivity contribution in [3.05, 3.63) is 72.2 Å². The van der Waals surface area contributed by atoms with Gasteiger partial charge in [0, 0.05) is 37.0 Å². The standard InChI is InChI=1S/C26H27N5O2/c1-17-8-9-21(33-20-6-4-3-5-7-20)14-22(17)30-26(32)19-10-12-31(13-11-19)25-23-18(2)15-27-24(23)28-16-29-25/h3-9,14-16,19H,10-13H2,1-2H3,(H,30,32)(H,27,28,29). The zero-order chi connectivity index (χ0) is 22.8. The highest BCUT2D eigenvalue weighted by Gasteiger charge is 2.27. The minimum Gasteiger partial charge on any atom is -0.457 e. The lowest BCUT2D eigenvalue weighted by Gasteiger charge is -2.32. The summed E-state index contributed by atoms with van der Waals surface area (Å²) in [5, 5.41) is 4.19. The highest BCUT2D eigenvalue weighted by molar-refractivity contribution is 5.94. The van der Waals surface area contributed by atoms with Crippen molar-refractivity contribution in [2.45, 2.75) is 26.7 Å². The number of hydrogen-bond acceptors (Lipinski definition) is 5. The van der Waals surface area contributed by atoms with Crippen LogP contribution in [-0.2, 0) is 4.79 Å². The van der Waals surface area contributed by atoms with Gasteiger partial charge in [0.15, 0.2) is 0 Å². The zero-order valence-electron chi connectivity index (χ0n) is 18.8. The van der Waals surface area contributed by atoms with Crippen molar-refractivity contribution in [3.8, 4) is 11.5 Å². The van der Waals surface area contributed by atoms with Gasteiger partial charge in [-0.2, -0.15) is 0 Å². The molecule has 0 atom stereocenters. The van der Waals surface area contributed by atoms with Crippen LogP contribution in [0.4, 0.5) is 11.5 Å². The summed E-state index contributed by atoms with van der Waals surface area (Å²) >= 11 is 0. The summed E-state index contributed by atoms with van der Waals surface area (Å²) in [7, 11) is 0. The van der Waals surface area contributed by atoms with Crippen molar-refractivity contribution in [1.82, 2.24) is 15.0 Å². The number of fused-ring (bicyclic) bond motifs is 1. The minimum atomic E-state index is -0.0380. The number of rotatable bonds is 5. The topological polar surface area (TPSA) is 83.1 Å². The lowest BCUT2D eigenvalue weighted by atomic mass is 9.95. The summed E-state index contributed by atoms with van der Waals surface area (Å²) in [6.45, 7) is 5.61. The van der Waals surface area contributed by atoms with Crippen LogP contribution in [0.1, 0.15) is 24.0 Å². The summed E-state index contributed by atoms with van der Waals surface area (Å²) in [5.74, 6) is 2.43. The van der Waals surface area contributed by atoms with Gasteiger partial charge in [-0.25, -0.2) is 9.97 Å². The Morgan fingerprint density at radius 3 is 2.61 bits per heavy atom. The first-order valence-corrected chi connectivity index (χ1v) is 11.3. The predicted octanol–water partition coefficient (Wildman–Crippen LogP) is 5.22. The molecule has 0 radical (unpaired) electrons. The SMILES string of the molecule is Cc1ccc(Oc2ccccc2)cc1NC(=O)C1CCN(c2ncnc3[nH]cc(C)c23)CC1. The number of ether oxygens (including phenoxy) is 1. The number of anilines is 2. The van der Waals surface area contributed by atoms with Crippen molar-refractivity contribution in [2.75, 3.05) is 23.3 Å². The number of nitrogens with one attached hydrogen (secondary N) is 2. The number of benzene rings is 2. The van der Waals surface area contributed by atoms with Crippen LogP contribution in [0.3, 0.4) is 0 Å². The van der Waals surface area contributed by atoms with E-state index in [9.17, 15) is 4.79 Å². The smallest absolute Gasteiger partial charge is 0.227 e. The Hall–Kier alpha value is -3.87. The summed E-state index contributed by atoms with van der Waals surface area (Å²) in [6.07, 6.45) is 5.11. The maximum Gasteiger partial charge on any atom is 0.227 e. The van der Waals surface area contributed by atoms with Crippen molar-refractivity contribution < 1.29 is 9.53 Å². The van der Waals surface area contributed by atoms with Crippen LogP contribution in [-0.4, -0.2) is 33.9 Å². The van der Waals surface area contributed by atoms with Gasteiger partial charge in [0.05, 0.1) is 5.39 Å². The molecule has 1 fully saturated rings. The van der Waals surface area contributed by atoms with E-state index in [4.69, 9.17) is 4.74 Å². The van der Waals surface area contributed by atoms with Gasteiger partial charge in [0.25, 0.3) is 0 Å². The third-order valence-corrected chi connectivity index (χ3v) is 6.26. The van der Waals surface area contributed by atoms with Crippen LogP contribution in [0.5, 0.6) is 11.5 Å². The van der Waals surface area contributed by atoms with E-state index >= 15 is 0 Å². The van der Waals surface area contributed by atoms with Crippen LogP contribution < -0.4 is 15.0 Å². The zero-order valence-corrected chi connectivity index (χ0v) is 18.8. The van der Waals surface area contributed by atoms with Crippen LogP contribution >= 0.6 is 0 Å². The first-order chi connectivity index (χ1) is 16.1. The average molecular weight is 442 g/mol. The molecule has 4 aromatic rings. The first-order valence-electron chi connectivity index (χ1n) is 11.3. The van der Waals surface area contributed by atoms with Crippen LogP contribution in [0.25, 0.3) is 11.0 Å². The second kappa shape index (κ2) is 8.94. The molecule has 168 valence electrons. The Labute approximate surface area is 192 Å². The van der Waals surface area contributed by atoms with Gasteiger partial charge < -0.3 is 19.9 Å². The molecule has 1 saturated heterocycles. The van der Waals surface area contributed by atoms with E-state index in [1.54, 1.807) is 6.33 Å². The molecule has 2 aromatic heterocycles. The predicted molar refractivity (Wildman–Crippen MR) is 130 cm³/mol. The number of hydrogen-bond donors (Lipinski definition) is 2. The lowest BCUT2D eigenvalue weighted by molar-refractivity contribution is -0.120. The molecule has 0 aliphatic carbocycles. The molecule has 1 aliphatic rings. The Balaban J connectivity index is 1.24. The number of carbonyl (C=O) groups excluding carboxylic acids is 1. The quantitative estimate of drug-likeness (QED) is 0.444. The van der Waals surface area contributed by atoms with Gasteiger partial charge >= 0.3 is 0 Å². The van der Waals surface area contributed by atoms with Gasteiger partial charge in [-0.3, -0.25) is 4.79 Å². The molecule has 33 heavy (non-hydrogen) atoms. The summed E-state index contributed by atoms with van der Waals surface area (Å²) in [6, 6.07) is 15.4. The number of aromatic amines is 1. The molecule has 0 bridgehead atoms. The van der Waals surface area contributed by atoms with Gasteiger partial charge in [0.1, 0.15) is 29.3 Å². The second-order valence-electron chi connectivity index (χ2n) is 8.53. The first kappa shape index (κ1) is 21.0.